The second-order valence-corrected chi connectivity index (χ2v) is 7.24. The molecule has 5 nitrogen and oxygen atoms in total. The largest absolute Gasteiger partial charge is 0.495 e. The molecule has 0 bridgehead atoms. The highest BCUT2D eigenvalue weighted by molar-refractivity contribution is 7.16. The first kappa shape index (κ1) is 20.3. The summed E-state index contributed by atoms with van der Waals surface area (Å²) in [4.78, 5) is 25.4. The number of nitrogens with one attached hydrogen (secondary N) is 2. The van der Waals surface area contributed by atoms with Crippen LogP contribution in [0.15, 0.2) is 60.7 Å². The molecule has 2 aromatic carbocycles. The summed E-state index contributed by atoms with van der Waals surface area (Å²) in [5.41, 5.74) is 1.92. The van der Waals surface area contributed by atoms with Gasteiger partial charge in [0.1, 0.15) is 11.6 Å². The third-order valence-corrected chi connectivity index (χ3v) is 5.03. The van der Waals surface area contributed by atoms with E-state index in [9.17, 15) is 14.0 Å². The van der Waals surface area contributed by atoms with Crippen molar-refractivity contribution in [2.24, 2.45) is 0 Å². The molecule has 2 amide bonds. The fourth-order valence-electron chi connectivity index (χ4n) is 2.63. The number of thiophene rings is 1. The van der Waals surface area contributed by atoms with Gasteiger partial charge in [0.15, 0.2) is 0 Å². The topological polar surface area (TPSA) is 67.4 Å². The van der Waals surface area contributed by atoms with E-state index >= 15 is 0 Å². The Hall–Kier alpha value is -3.45. The second kappa shape index (κ2) is 9.16. The zero-order chi connectivity index (χ0) is 20.8. The molecule has 3 aromatic rings. The van der Waals surface area contributed by atoms with Gasteiger partial charge in [0.05, 0.1) is 12.8 Å². The highest BCUT2D eigenvalue weighted by atomic mass is 32.1. The van der Waals surface area contributed by atoms with Gasteiger partial charge in [-0.2, -0.15) is 0 Å². The van der Waals surface area contributed by atoms with Crippen LogP contribution in [0, 0.1) is 5.82 Å². The Labute approximate surface area is 171 Å². The van der Waals surface area contributed by atoms with Crippen LogP contribution in [0.4, 0.5) is 15.8 Å². The van der Waals surface area contributed by atoms with Crippen molar-refractivity contribution >= 4 is 40.6 Å². The van der Waals surface area contributed by atoms with Gasteiger partial charge in [-0.15, -0.1) is 11.3 Å². The Balaban J connectivity index is 1.70. The summed E-state index contributed by atoms with van der Waals surface area (Å²) < 4.78 is 18.3. The minimum absolute atomic E-state index is 0.206. The van der Waals surface area contributed by atoms with Crippen molar-refractivity contribution in [1.82, 2.24) is 0 Å². The van der Waals surface area contributed by atoms with Crippen LogP contribution in [0.5, 0.6) is 5.75 Å². The van der Waals surface area contributed by atoms with Gasteiger partial charge in [-0.05, 0) is 54.1 Å². The minimum Gasteiger partial charge on any atom is -0.495 e. The first-order chi connectivity index (χ1) is 13.9. The molecule has 1 heterocycles. The molecule has 2 N–H and O–H groups in total. The van der Waals surface area contributed by atoms with Crippen molar-refractivity contribution in [3.8, 4) is 16.2 Å². The predicted molar refractivity (Wildman–Crippen MR) is 115 cm³/mol. The van der Waals surface area contributed by atoms with Crippen molar-refractivity contribution in [3.63, 3.8) is 0 Å². The third-order valence-electron chi connectivity index (χ3n) is 3.93. The average Bonchev–Trinajstić information content (AvgIpc) is 3.16. The third kappa shape index (κ3) is 5.52. The molecule has 0 atom stereocenters. The number of carbonyl (C=O) groups excluding carboxylic acids is 2. The number of carbonyl (C=O) groups is 2. The summed E-state index contributed by atoms with van der Waals surface area (Å²) in [5.74, 6) is -0.335. The SMILES string of the molecule is COc1ccc(NC(C)=O)cc1NC(=O)/C=C/c1ccc(-c2ccc(F)cc2)s1. The molecule has 148 valence electrons. The van der Waals surface area contributed by atoms with E-state index in [1.165, 1.54) is 43.6 Å². The molecule has 0 unspecified atom stereocenters. The molecule has 0 aliphatic rings. The number of ether oxygens (including phenoxy) is 1. The lowest BCUT2D eigenvalue weighted by Crippen LogP contribution is -2.10. The second-order valence-electron chi connectivity index (χ2n) is 6.13. The fourth-order valence-corrected chi connectivity index (χ4v) is 3.55. The monoisotopic (exact) mass is 410 g/mol. The highest BCUT2D eigenvalue weighted by Gasteiger charge is 2.08. The number of anilines is 2. The zero-order valence-electron chi connectivity index (χ0n) is 15.9. The van der Waals surface area contributed by atoms with Gasteiger partial charge >= 0.3 is 0 Å². The van der Waals surface area contributed by atoms with Gasteiger partial charge in [-0.25, -0.2) is 4.39 Å². The van der Waals surface area contributed by atoms with E-state index in [1.807, 2.05) is 12.1 Å². The summed E-state index contributed by atoms with van der Waals surface area (Å²) in [5, 5.41) is 5.41. The normalized spacial score (nSPS) is 10.7. The van der Waals surface area contributed by atoms with Crippen molar-refractivity contribution in [1.29, 1.82) is 0 Å². The zero-order valence-corrected chi connectivity index (χ0v) is 16.7. The molecule has 29 heavy (non-hydrogen) atoms. The van der Waals surface area contributed by atoms with Crippen LogP contribution >= 0.6 is 11.3 Å². The van der Waals surface area contributed by atoms with E-state index in [0.717, 1.165) is 15.3 Å². The smallest absolute Gasteiger partial charge is 0.248 e. The molecule has 0 saturated carbocycles. The lowest BCUT2D eigenvalue weighted by atomic mass is 10.2. The van der Waals surface area contributed by atoms with Crippen LogP contribution in [0.3, 0.4) is 0 Å². The van der Waals surface area contributed by atoms with Crippen LogP contribution in [0.1, 0.15) is 11.8 Å². The molecule has 0 aliphatic carbocycles. The summed E-state index contributed by atoms with van der Waals surface area (Å²) in [6.07, 6.45) is 3.13. The number of halogens is 1. The van der Waals surface area contributed by atoms with Crippen molar-refractivity contribution < 1.29 is 18.7 Å². The maximum atomic E-state index is 13.1. The molecule has 0 fully saturated rings. The number of benzene rings is 2. The number of rotatable bonds is 6. The van der Waals surface area contributed by atoms with E-state index in [1.54, 1.807) is 36.4 Å². The Morgan fingerprint density at radius 1 is 1.03 bits per heavy atom. The van der Waals surface area contributed by atoms with E-state index in [2.05, 4.69) is 10.6 Å². The molecule has 0 aliphatic heterocycles. The average molecular weight is 410 g/mol. The maximum Gasteiger partial charge on any atom is 0.248 e. The quantitative estimate of drug-likeness (QED) is 0.551. The van der Waals surface area contributed by atoms with Gasteiger partial charge < -0.3 is 15.4 Å². The van der Waals surface area contributed by atoms with Gasteiger partial charge in [-0.1, -0.05) is 12.1 Å². The van der Waals surface area contributed by atoms with E-state index in [-0.39, 0.29) is 17.6 Å². The molecule has 7 heteroatoms. The molecule has 1 aromatic heterocycles. The van der Waals surface area contributed by atoms with Crippen molar-refractivity contribution in [2.45, 2.75) is 6.92 Å². The van der Waals surface area contributed by atoms with Crippen LogP contribution < -0.4 is 15.4 Å². The molecule has 0 radical (unpaired) electrons. The Morgan fingerprint density at radius 2 is 1.79 bits per heavy atom. The van der Waals surface area contributed by atoms with E-state index in [0.29, 0.717) is 17.1 Å². The fraction of sp³-hybridized carbons (Fsp3) is 0.0909. The van der Waals surface area contributed by atoms with Crippen LogP contribution in [-0.2, 0) is 9.59 Å². The Kier molecular flexibility index (Phi) is 6.41. The number of hydrogen-bond donors (Lipinski definition) is 2. The Morgan fingerprint density at radius 3 is 2.48 bits per heavy atom. The summed E-state index contributed by atoms with van der Waals surface area (Å²) >= 11 is 1.50. The Bertz CT molecular complexity index is 1060. The maximum absolute atomic E-state index is 13.1. The summed E-state index contributed by atoms with van der Waals surface area (Å²) in [6.45, 7) is 1.41. The van der Waals surface area contributed by atoms with Gasteiger partial charge in [0.25, 0.3) is 0 Å². The van der Waals surface area contributed by atoms with Crippen molar-refractivity contribution in [2.75, 3.05) is 17.7 Å². The lowest BCUT2D eigenvalue weighted by Gasteiger charge is -2.11. The molecule has 0 spiro atoms. The number of hydrogen-bond acceptors (Lipinski definition) is 4. The van der Waals surface area contributed by atoms with Crippen LogP contribution in [-0.4, -0.2) is 18.9 Å². The summed E-state index contributed by atoms with van der Waals surface area (Å²) in [7, 11) is 1.50. The molecule has 3 rings (SSSR count). The van der Waals surface area contributed by atoms with Crippen LogP contribution in [0.2, 0.25) is 0 Å². The predicted octanol–water partition coefficient (Wildman–Crippen LogP) is 5.17. The van der Waals surface area contributed by atoms with Gasteiger partial charge in [-0.3, -0.25) is 9.59 Å². The van der Waals surface area contributed by atoms with Crippen molar-refractivity contribution in [3.05, 3.63) is 71.4 Å². The lowest BCUT2D eigenvalue weighted by molar-refractivity contribution is -0.114. The van der Waals surface area contributed by atoms with Gasteiger partial charge in [0.2, 0.25) is 11.8 Å². The van der Waals surface area contributed by atoms with Crippen LogP contribution in [0.25, 0.3) is 16.5 Å². The first-order valence-corrected chi connectivity index (χ1v) is 9.57. The molecular weight excluding hydrogens is 391 g/mol. The standard InChI is InChI=1S/C22H19FN2O3S/c1-14(26)24-17-7-10-20(28-2)19(13-17)25-22(27)12-9-18-8-11-21(29-18)15-3-5-16(23)6-4-15/h3-13H,1-2H3,(H,24,26)(H,25,27)/b12-9+. The molecule has 0 saturated heterocycles. The summed E-state index contributed by atoms with van der Waals surface area (Å²) in [6, 6.07) is 15.1. The number of amides is 2. The highest BCUT2D eigenvalue weighted by Crippen LogP contribution is 2.30. The van der Waals surface area contributed by atoms with Gasteiger partial charge in [0, 0.05) is 28.4 Å². The number of methoxy groups -OCH3 is 1. The van der Waals surface area contributed by atoms with E-state index < -0.39 is 0 Å². The first-order valence-electron chi connectivity index (χ1n) is 8.75. The van der Waals surface area contributed by atoms with E-state index in [4.69, 9.17) is 4.74 Å². The molecular formula is C22H19FN2O3S. The minimum atomic E-state index is -0.333.